The summed E-state index contributed by atoms with van der Waals surface area (Å²) >= 11 is 0. The van der Waals surface area contributed by atoms with Crippen molar-refractivity contribution in [3.05, 3.63) is 42.1 Å². The van der Waals surface area contributed by atoms with Crippen LogP contribution in [0.2, 0.25) is 0 Å². The molecule has 3 rings (SSSR count). The Hall–Kier alpha value is -2.97. The molecule has 0 fully saturated rings. The molecule has 1 aromatic carbocycles. The van der Waals surface area contributed by atoms with Crippen LogP contribution in [0.5, 0.6) is 5.75 Å². The Morgan fingerprint density at radius 3 is 2.32 bits per heavy atom. The van der Waals surface area contributed by atoms with Gasteiger partial charge in [0.2, 0.25) is 0 Å². The first-order valence-corrected chi connectivity index (χ1v) is 8.29. The number of benzene rings is 1. The number of hydrogen-bond donors (Lipinski definition) is 0. The molecule has 0 spiro atoms. The van der Waals surface area contributed by atoms with E-state index in [-0.39, 0.29) is 11.3 Å². The van der Waals surface area contributed by atoms with Gasteiger partial charge in [-0.25, -0.2) is 14.4 Å². The predicted molar refractivity (Wildman–Crippen MR) is 76.8 cm³/mol. The number of fused-ring (bicyclic) bond motifs is 1. The Morgan fingerprint density at radius 1 is 1.04 bits per heavy atom. The predicted octanol–water partition coefficient (Wildman–Crippen LogP) is 3.18. The van der Waals surface area contributed by atoms with Gasteiger partial charge in [-0.2, -0.15) is 44.4 Å². The molecule has 2 heterocycles. The second-order valence-corrected chi connectivity index (χ2v) is 6.66. The maximum atomic E-state index is 13.7. The monoisotopic (exact) mass is 430 g/mol. The van der Waals surface area contributed by atoms with Crippen molar-refractivity contribution in [2.75, 3.05) is 0 Å². The van der Waals surface area contributed by atoms with E-state index >= 15 is 0 Å². The number of hydrogen-bond acceptors (Lipinski definition) is 6. The van der Waals surface area contributed by atoms with Crippen LogP contribution in [0.4, 0.5) is 30.7 Å². The lowest BCUT2D eigenvalue weighted by molar-refractivity contribution is -0.141. The first-order valence-electron chi connectivity index (χ1n) is 6.88. The molecule has 2 aromatic heterocycles. The molecule has 0 unspecified atom stereocenters. The Balaban J connectivity index is 2.06. The van der Waals surface area contributed by atoms with E-state index in [2.05, 4.69) is 19.2 Å². The smallest absolute Gasteiger partial charge is 0.373 e. The standard InChI is InChI=1S/C13H5F7N4O3S/c14-7-2-1-6(3-9(7)27-28(25,26)13(18,19)20)8-4-21-11-23-10(12(15,16)17)5-22-24(8)11/h1-5H. The molecule has 28 heavy (non-hydrogen) atoms. The Labute approximate surface area is 150 Å². The van der Waals surface area contributed by atoms with Crippen LogP contribution in [0.15, 0.2) is 30.6 Å². The zero-order valence-corrected chi connectivity index (χ0v) is 13.8. The number of nitrogens with zero attached hydrogens (tertiary/aromatic N) is 4. The summed E-state index contributed by atoms with van der Waals surface area (Å²) in [6.45, 7) is 0. The summed E-state index contributed by atoms with van der Waals surface area (Å²) in [5, 5.41) is 3.49. The van der Waals surface area contributed by atoms with Gasteiger partial charge in [-0.3, -0.25) is 0 Å². The van der Waals surface area contributed by atoms with Crippen LogP contribution in [-0.4, -0.2) is 33.5 Å². The van der Waals surface area contributed by atoms with Crippen LogP contribution >= 0.6 is 0 Å². The number of imidazole rings is 1. The highest BCUT2D eigenvalue weighted by atomic mass is 32.2. The maximum absolute atomic E-state index is 13.7. The summed E-state index contributed by atoms with van der Waals surface area (Å²) in [4.78, 5) is 6.83. The van der Waals surface area contributed by atoms with Crippen molar-refractivity contribution in [3.63, 3.8) is 0 Å². The third-order valence-electron chi connectivity index (χ3n) is 3.24. The first-order chi connectivity index (χ1) is 12.8. The molecule has 0 aliphatic heterocycles. The van der Waals surface area contributed by atoms with Gasteiger partial charge >= 0.3 is 21.8 Å². The number of aromatic nitrogens is 4. The van der Waals surface area contributed by atoms with Crippen molar-refractivity contribution in [2.45, 2.75) is 11.7 Å². The molecule has 0 aliphatic carbocycles. The largest absolute Gasteiger partial charge is 0.534 e. The zero-order valence-electron chi connectivity index (χ0n) is 13.0. The molecular formula is C13H5F7N4O3S. The second kappa shape index (κ2) is 6.29. The van der Waals surface area contributed by atoms with E-state index in [9.17, 15) is 39.2 Å². The molecule has 15 heteroatoms. The Bertz CT molecular complexity index is 1160. The molecule has 0 bridgehead atoms. The fraction of sp³-hybridized carbons (Fsp3) is 0.154. The molecule has 150 valence electrons. The number of alkyl halides is 6. The molecule has 3 aromatic rings. The first kappa shape index (κ1) is 19.8. The lowest BCUT2D eigenvalue weighted by atomic mass is 10.1. The van der Waals surface area contributed by atoms with Crippen molar-refractivity contribution >= 4 is 15.9 Å². The summed E-state index contributed by atoms with van der Waals surface area (Å²) in [5.74, 6) is -3.19. The third-order valence-corrected chi connectivity index (χ3v) is 4.20. The lowest BCUT2D eigenvalue weighted by Gasteiger charge is -2.11. The molecule has 0 atom stereocenters. The Kier molecular flexibility index (Phi) is 4.44. The summed E-state index contributed by atoms with van der Waals surface area (Å²) in [6, 6.07) is 2.21. The minimum atomic E-state index is -6.14. The fourth-order valence-electron chi connectivity index (χ4n) is 2.00. The highest BCUT2D eigenvalue weighted by Crippen LogP contribution is 2.32. The van der Waals surface area contributed by atoms with E-state index < -0.39 is 44.8 Å². The zero-order chi connectivity index (χ0) is 20.9. The van der Waals surface area contributed by atoms with E-state index in [1.807, 2.05) is 0 Å². The average Bonchev–Trinajstić information content (AvgIpc) is 2.98. The van der Waals surface area contributed by atoms with Crippen LogP contribution in [0.25, 0.3) is 17.0 Å². The van der Waals surface area contributed by atoms with Gasteiger partial charge in [0.05, 0.1) is 18.1 Å². The van der Waals surface area contributed by atoms with Gasteiger partial charge in [-0.05, 0) is 18.2 Å². The topological polar surface area (TPSA) is 86.5 Å². The van der Waals surface area contributed by atoms with Crippen molar-refractivity contribution in [1.29, 1.82) is 0 Å². The molecular weight excluding hydrogens is 425 g/mol. The molecule has 0 aliphatic rings. The van der Waals surface area contributed by atoms with Crippen LogP contribution in [0.3, 0.4) is 0 Å². The molecule has 7 nitrogen and oxygen atoms in total. The van der Waals surface area contributed by atoms with Gasteiger partial charge in [-0.15, -0.1) is 0 Å². The average molecular weight is 430 g/mol. The van der Waals surface area contributed by atoms with Gasteiger partial charge in [0.15, 0.2) is 17.3 Å². The SMILES string of the molecule is O=S(=O)(Oc1cc(-c2cnc3nc(C(F)(F)F)cnn23)ccc1F)C(F)(F)F. The minimum absolute atomic E-state index is 0.106. The van der Waals surface area contributed by atoms with Crippen LogP contribution in [0, 0.1) is 5.82 Å². The molecule has 0 saturated carbocycles. The van der Waals surface area contributed by atoms with Crippen molar-refractivity contribution in [3.8, 4) is 17.0 Å². The minimum Gasteiger partial charge on any atom is -0.373 e. The van der Waals surface area contributed by atoms with E-state index in [1.165, 1.54) is 0 Å². The summed E-state index contributed by atoms with van der Waals surface area (Å²) in [6.07, 6.45) is -3.44. The van der Waals surface area contributed by atoms with E-state index in [4.69, 9.17) is 0 Å². The third kappa shape index (κ3) is 3.56. The van der Waals surface area contributed by atoms with E-state index in [1.54, 1.807) is 0 Å². The highest BCUT2D eigenvalue weighted by molar-refractivity contribution is 7.88. The molecule has 0 saturated heterocycles. The van der Waals surface area contributed by atoms with Gasteiger partial charge < -0.3 is 4.18 Å². The number of rotatable bonds is 3. The van der Waals surface area contributed by atoms with Crippen molar-refractivity contribution < 1.29 is 43.3 Å². The second-order valence-electron chi connectivity index (χ2n) is 5.12. The van der Waals surface area contributed by atoms with Crippen molar-refractivity contribution in [1.82, 2.24) is 19.6 Å². The van der Waals surface area contributed by atoms with Crippen molar-refractivity contribution in [2.24, 2.45) is 0 Å². The summed E-state index contributed by atoms with van der Waals surface area (Å²) in [7, 11) is -6.14. The van der Waals surface area contributed by atoms with E-state index in [0.29, 0.717) is 18.3 Å². The van der Waals surface area contributed by atoms with Gasteiger partial charge in [-0.1, -0.05) is 0 Å². The van der Waals surface area contributed by atoms with E-state index in [0.717, 1.165) is 16.8 Å². The summed E-state index contributed by atoms with van der Waals surface area (Å²) < 4.78 is 116. The van der Waals surface area contributed by atoms with Gasteiger partial charge in [0.25, 0.3) is 5.78 Å². The quantitative estimate of drug-likeness (QED) is 0.361. The van der Waals surface area contributed by atoms with Gasteiger partial charge in [0, 0.05) is 5.56 Å². The maximum Gasteiger partial charge on any atom is 0.534 e. The van der Waals surface area contributed by atoms with Gasteiger partial charge in [0.1, 0.15) is 0 Å². The normalized spacial score (nSPS) is 13.1. The molecule has 0 radical (unpaired) electrons. The fourth-order valence-corrected chi connectivity index (χ4v) is 2.46. The summed E-state index contributed by atoms with van der Waals surface area (Å²) in [5.41, 5.74) is -7.38. The van der Waals surface area contributed by atoms with Crippen LogP contribution in [0.1, 0.15) is 5.69 Å². The Morgan fingerprint density at radius 2 is 1.71 bits per heavy atom. The number of halogens is 7. The highest BCUT2D eigenvalue weighted by Gasteiger charge is 2.49. The van der Waals surface area contributed by atoms with Crippen LogP contribution in [-0.2, 0) is 16.3 Å². The molecule has 0 amide bonds. The molecule has 0 N–H and O–H groups in total. The lowest BCUT2D eigenvalue weighted by Crippen LogP contribution is -2.28. The van der Waals surface area contributed by atoms with Crippen LogP contribution < -0.4 is 4.18 Å².